The summed E-state index contributed by atoms with van der Waals surface area (Å²) in [6, 6.07) is 14.5. The van der Waals surface area contributed by atoms with Gasteiger partial charge < -0.3 is 14.8 Å². The van der Waals surface area contributed by atoms with Crippen molar-refractivity contribution in [2.45, 2.75) is 6.61 Å². The second-order valence-electron chi connectivity index (χ2n) is 5.40. The quantitative estimate of drug-likeness (QED) is 0.483. The van der Waals surface area contributed by atoms with Gasteiger partial charge >= 0.3 is 5.97 Å². The molecule has 132 valence electrons. The van der Waals surface area contributed by atoms with Crippen molar-refractivity contribution in [3.05, 3.63) is 70.1 Å². The van der Waals surface area contributed by atoms with Gasteiger partial charge in [-0.15, -0.1) is 0 Å². The third-order valence-electron chi connectivity index (χ3n) is 3.60. The maximum Gasteiger partial charge on any atom is 0.337 e. The Labute approximate surface area is 160 Å². The third kappa shape index (κ3) is 4.50. The van der Waals surface area contributed by atoms with Gasteiger partial charge in [0.25, 0.3) is 5.91 Å². The van der Waals surface area contributed by atoms with Gasteiger partial charge in [-0.2, -0.15) is 0 Å². The lowest BCUT2D eigenvalue weighted by Crippen LogP contribution is -2.17. The van der Waals surface area contributed by atoms with Gasteiger partial charge in [-0.3, -0.25) is 4.79 Å². The zero-order valence-electron chi connectivity index (χ0n) is 13.9. The standard InChI is InChI=1S/C19H15NO4S2/c1-23-18(22)14-6-2-13(3-7-14)11-24-15-8-4-12(5-9-15)10-16-17(21)20-19(25)26-16/h2-10H,11H2,1H3,(H,20,21,25)/b16-10-. The summed E-state index contributed by atoms with van der Waals surface area (Å²) in [5.74, 6) is 0.177. The molecular formula is C19H15NO4S2. The van der Waals surface area contributed by atoms with Gasteiger partial charge in [-0.1, -0.05) is 48.2 Å². The summed E-state index contributed by atoms with van der Waals surface area (Å²) in [4.78, 5) is 23.6. The molecule has 7 heteroatoms. The molecule has 0 saturated carbocycles. The second kappa shape index (κ2) is 8.16. The number of carbonyl (C=O) groups excluding carboxylic acids is 2. The number of benzene rings is 2. The Morgan fingerprint density at radius 1 is 1.15 bits per heavy atom. The van der Waals surface area contributed by atoms with Gasteiger partial charge in [0, 0.05) is 0 Å². The van der Waals surface area contributed by atoms with Gasteiger partial charge in [0.2, 0.25) is 0 Å². The largest absolute Gasteiger partial charge is 0.489 e. The van der Waals surface area contributed by atoms with E-state index in [2.05, 4.69) is 10.1 Å². The minimum Gasteiger partial charge on any atom is -0.489 e. The van der Waals surface area contributed by atoms with Crippen LogP contribution in [0, 0.1) is 0 Å². The van der Waals surface area contributed by atoms with Crippen molar-refractivity contribution < 1.29 is 19.1 Å². The van der Waals surface area contributed by atoms with Crippen LogP contribution in [-0.4, -0.2) is 23.3 Å². The summed E-state index contributed by atoms with van der Waals surface area (Å²) >= 11 is 6.22. The highest BCUT2D eigenvalue weighted by molar-refractivity contribution is 8.26. The number of hydrogen-bond donors (Lipinski definition) is 1. The van der Waals surface area contributed by atoms with Crippen molar-refractivity contribution in [1.29, 1.82) is 0 Å². The summed E-state index contributed by atoms with van der Waals surface area (Å²) in [7, 11) is 1.35. The van der Waals surface area contributed by atoms with Gasteiger partial charge in [0.15, 0.2) is 0 Å². The van der Waals surface area contributed by atoms with Crippen LogP contribution in [0.5, 0.6) is 5.75 Å². The third-order valence-corrected chi connectivity index (χ3v) is 4.76. The molecule has 5 nitrogen and oxygen atoms in total. The Bertz CT molecular complexity index is 873. The predicted octanol–water partition coefficient (Wildman–Crippen LogP) is 3.54. The lowest BCUT2D eigenvalue weighted by molar-refractivity contribution is -0.115. The van der Waals surface area contributed by atoms with Crippen LogP contribution >= 0.6 is 24.0 Å². The summed E-state index contributed by atoms with van der Waals surface area (Å²) in [6.07, 6.45) is 1.79. The Morgan fingerprint density at radius 3 is 2.42 bits per heavy atom. The van der Waals surface area contributed by atoms with E-state index in [4.69, 9.17) is 17.0 Å². The number of thiocarbonyl (C=S) groups is 1. The van der Waals surface area contributed by atoms with Crippen molar-refractivity contribution in [1.82, 2.24) is 5.32 Å². The summed E-state index contributed by atoms with van der Waals surface area (Å²) in [6.45, 7) is 0.383. The Hall–Kier alpha value is -2.64. The minimum absolute atomic E-state index is 0.171. The number of carbonyl (C=O) groups is 2. The molecular weight excluding hydrogens is 370 g/mol. The molecule has 0 spiro atoms. The number of ether oxygens (including phenoxy) is 2. The topological polar surface area (TPSA) is 64.6 Å². The van der Waals surface area contributed by atoms with E-state index < -0.39 is 0 Å². The molecule has 1 saturated heterocycles. The molecule has 0 unspecified atom stereocenters. The van der Waals surface area contributed by atoms with Gasteiger partial charge in [-0.25, -0.2) is 4.79 Å². The molecule has 26 heavy (non-hydrogen) atoms. The molecule has 2 aromatic carbocycles. The van der Waals surface area contributed by atoms with E-state index in [9.17, 15) is 9.59 Å². The van der Waals surface area contributed by atoms with Crippen molar-refractivity contribution >= 4 is 46.3 Å². The van der Waals surface area contributed by atoms with E-state index in [-0.39, 0.29) is 11.9 Å². The first-order valence-electron chi connectivity index (χ1n) is 7.70. The first-order chi connectivity index (χ1) is 12.5. The van der Waals surface area contributed by atoms with E-state index in [1.165, 1.54) is 18.9 Å². The van der Waals surface area contributed by atoms with Crippen LogP contribution in [0.15, 0.2) is 53.4 Å². The maximum atomic E-state index is 11.7. The molecule has 0 aliphatic carbocycles. The summed E-state index contributed by atoms with van der Waals surface area (Å²) < 4.78 is 10.9. The van der Waals surface area contributed by atoms with Gasteiger partial charge in [0.05, 0.1) is 17.6 Å². The number of thioether (sulfide) groups is 1. The molecule has 1 heterocycles. The van der Waals surface area contributed by atoms with Crippen molar-refractivity contribution in [2.24, 2.45) is 0 Å². The zero-order chi connectivity index (χ0) is 18.5. The molecule has 1 aliphatic heterocycles. The fourth-order valence-corrected chi connectivity index (χ4v) is 3.30. The van der Waals surface area contributed by atoms with Crippen LogP contribution in [0.3, 0.4) is 0 Å². The van der Waals surface area contributed by atoms with Crippen LogP contribution in [0.25, 0.3) is 6.08 Å². The molecule has 2 aromatic rings. The van der Waals surface area contributed by atoms with E-state index in [0.29, 0.717) is 27.1 Å². The summed E-state index contributed by atoms with van der Waals surface area (Å²) in [5.41, 5.74) is 2.33. The fraction of sp³-hybridized carbons (Fsp3) is 0.105. The normalized spacial score (nSPS) is 15.0. The maximum absolute atomic E-state index is 11.7. The van der Waals surface area contributed by atoms with E-state index in [0.717, 1.165) is 11.1 Å². The molecule has 3 rings (SSSR count). The number of rotatable bonds is 5. The number of methoxy groups -OCH3 is 1. The van der Waals surface area contributed by atoms with Crippen molar-refractivity contribution in [2.75, 3.05) is 7.11 Å². The Morgan fingerprint density at radius 2 is 1.85 bits per heavy atom. The molecule has 1 N–H and O–H groups in total. The van der Waals surface area contributed by atoms with Crippen LogP contribution in [0.4, 0.5) is 0 Å². The van der Waals surface area contributed by atoms with Crippen LogP contribution < -0.4 is 10.1 Å². The Kier molecular flexibility index (Phi) is 5.70. The van der Waals surface area contributed by atoms with Crippen molar-refractivity contribution in [3.8, 4) is 5.75 Å². The lowest BCUT2D eigenvalue weighted by Gasteiger charge is -2.07. The van der Waals surface area contributed by atoms with Gasteiger partial charge in [0.1, 0.15) is 16.7 Å². The summed E-state index contributed by atoms with van der Waals surface area (Å²) in [5, 5.41) is 2.59. The van der Waals surface area contributed by atoms with E-state index in [1.807, 2.05) is 36.4 Å². The molecule has 0 aromatic heterocycles. The molecule has 1 aliphatic rings. The van der Waals surface area contributed by atoms with E-state index in [1.54, 1.807) is 18.2 Å². The molecule has 0 radical (unpaired) electrons. The highest BCUT2D eigenvalue weighted by Gasteiger charge is 2.21. The Balaban J connectivity index is 1.59. The van der Waals surface area contributed by atoms with Gasteiger partial charge in [-0.05, 0) is 41.5 Å². The highest BCUT2D eigenvalue weighted by Crippen LogP contribution is 2.26. The highest BCUT2D eigenvalue weighted by atomic mass is 32.2. The average molecular weight is 385 g/mol. The van der Waals surface area contributed by atoms with Crippen LogP contribution in [0.2, 0.25) is 0 Å². The van der Waals surface area contributed by atoms with Crippen LogP contribution in [-0.2, 0) is 16.1 Å². The monoisotopic (exact) mass is 385 g/mol. The number of esters is 1. The first kappa shape index (κ1) is 18.2. The smallest absolute Gasteiger partial charge is 0.337 e. The zero-order valence-corrected chi connectivity index (χ0v) is 15.5. The number of hydrogen-bond acceptors (Lipinski definition) is 6. The molecule has 0 atom stereocenters. The van der Waals surface area contributed by atoms with Crippen LogP contribution in [0.1, 0.15) is 21.5 Å². The van der Waals surface area contributed by atoms with E-state index >= 15 is 0 Å². The predicted molar refractivity (Wildman–Crippen MR) is 105 cm³/mol. The second-order valence-corrected chi connectivity index (χ2v) is 7.12. The SMILES string of the molecule is COC(=O)c1ccc(COc2ccc(/C=C3\SC(=S)NC3=O)cc2)cc1. The molecule has 0 bridgehead atoms. The number of amides is 1. The molecule has 1 fully saturated rings. The van der Waals surface area contributed by atoms with Crippen molar-refractivity contribution in [3.63, 3.8) is 0 Å². The molecule has 1 amide bonds. The minimum atomic E-state index is -0.364. The average Bonchev–Trinajstić information content (AvgIpc) is 2.98. The first-order valence-corrected chi connectivity index (χ1v) is 8.92. The fourth-order valence-electron chi connectivity index (χ4n) is 2.25. The number of nitrogens with one attached hydrogen (secondary N) is 1. The lowest BCUT2D eigenvalue weighted by atomic mass is 10.1.